The Morgan fingerprint density at radius 3 is 1.29 bits per heavy atom. The van der Waals surface area contributed by atoms with Crippen LogP contribution in [-0.4, -0.2) is 95.3 Å². The summed E-state index contributed by atoms with van der Waals surface area (Å²) in [6.45, 7) is -0.118. The van der Waals surface area contributed by atoms with Gasteiger partial charge in [-0.25, -0.2) is 19.2 Å². The van der Waals surface area contributed by atoms with Crippen molar-refractivity contribution in [2.75, 3.05) is 25.7 Å². The van der Waals surface area contributed by atoms with Crippen molar-refractivity contribution in [1.82, 2.24) is 5.32 Å². The lowest BCUT2D eigenvalue weighted by Gasteiger charge is -2.15. The number of thioether (sulfide) groups is 1. The maximum atomic E-state index is 11.2. The van der Waals surface area contributed by atoms with Gasteiger partial charge in [-0.15, -0.1) is 0 Å². The fraction of sp³-hybridized carbons (Fsp3) is 0.643. The first-order chi connectivity index (χ1) is 15.5. The number of aliphatic carboxylic acids is 3. The molecule has 208 valence electrons. The lowest BCUT2D eigenvalue weighted by atomic mass is 10.2. The van der Waals surface area contributed by atoms with E-state index in [9.17, 15) is 49.1 Å². The van der Waals surface area contributed by atoms with Crippen LogP contribution in [0.5, 0.6) is 0 Å². The molecule has 0 saturated heterocycles. The molecule has 21 heteroatoms. The van der Waals surface area contributed by atoms with Crippen molar-refractivity contribution in [2.24, 2.45) is 5.73 Å². The number of ether oxygens (including phenoxy) is 1. The second-order valence-corrected chi connectivity index (χ2v) is 6.02. The number of alkyl halides is 9. The molecule has 1 amide bonds. The van der Waals surface area contributed by atoms with Gasteiger partial charge in [-0.05, 0) is 18.4 Å². The molecule has 0 aromatic rings. The van der Waals surface area contributed by atoms with Crippen LogP contribution in [0.25, 0.3) is 0 Å². The van der Waals surface area contributed by atoms with E-state index in [1.807, 2.05) is 6.26 Å². The molecule has 0 aromatic heterocycles. The van der Waals surface area contributed by atoms with Crippen LogP contribution in [0.3, 0.4) is 0 Å². The van der Waals surface area contributed by atoms with Crippen LogP contribution < -0.4 is 11.1 Å². The number of nitrogens with two attached hydrogens (primary N) is 1. The number of amides is 1. The fourth-order valence-corrected chi connectivity index (χ4v) is 1.35. The Labute approximate surface area is 193 Å². The zero-order valence-corrected chi connectivity index (χ0v) is 18.2. The van der Waals surface area contributed by atoms with Gasteiger partial charge >= 0.3 is 42.4 Å². The second-order valence-electron chi connectivity index (χ2n) is 5.04. The van der Waals surface area contributed by atoms with E-state index >= 15 is 0 Å². The van der Waals surface area contributed by atoms with Crippen LogP contribution in [0, 0.1) is 0 Å². The molecule has 0 bridgehead atoms. The number of carboxylic acids is 3. The summed E-state index contributed by atoms with van der Waals surface area (Å²) in [5.41, 5.74) is 5.12. The molecule has 0 fully saturated rings. The molecular weight excluding hydrogens is 543 g/mol. The molecule has 0 heterocycles. The highest BCUT2D eigenvalue weighted by Crippen LogP contribution is 2.14. The van der Waals surface area contributed by atoms with Crippen molar-refractivity contribution in [1.29, 1.82) is 0 Å². The van der Waals surface area contributed by atoms with Crippen molar-refractivity contribution in [3.05, 3.63) is 0 Å². The zero-order chi connectivity index (χ0) is 29.2. The lowest BCUT2D eigenvalue weighted by Crippen LogP contribution is -2.44. The van der Waals surface area contributed by atoms with Crippen LogP contribution in [-0.2, 0) is 28.7 Å². The van der Waals surface area contributed by atoms with Crippen LogP contribution in [0.1, 0.15) is 6.42 Å². The van der Waals surface area contributed by atoms with Crippen molar-refractivity contribution in [2.45, 2.75) is 31.0 Å². The third-order valence-electron chi connectivity index (χ3n) is 2.34. The molecule has 0 aromatic carbocycles. The summed E-state index contributed by atoms with van der Waals surface area (Å²) in [4.78, 5) is 48.8. The number of nitrogens with one attached hydrogen (secondary N) is 1. The highest BCUT2D eigenvalue weighted by Gasteiger charge is 2.39. The third-order valence-corrected chi connectivity index (χ3v) is 2.99. The maximum absolute atomic E-state index is 11.2. The molecule has 0 rings (SSSR count). The van der Waals surface area contributed by atoms with Crippen molar-refractivity contribution < 1.29 is 83.5 Å². The first-order valence-corrected chi connectivity index (χ1v) is 9.34. The van der Waals surface area contributed by atoms with E-state index in [4.69, 9.17) is 35.4 Å². The number of hydrogen-bond acceptors (Lipinski definition) is 8. The third kappa shape index (κ3) is 27.2. The Morgan fingerprint density at radius 2 is 1.11 bits per heavy atom. The molecule has 0 aliphatic carbocycles. The number of carbonyl (C=O) groups is 5. The highest BCUT2D eigenvalue weighted by atomic mass is 32.2. The van der Waals surface area contributed by atoms with Gasteiger partial charge in [0, 0.05) is 0 Å². The summed E-state index contributed by atoms with van der Waals surface area (Å²) in [5.74, 6) is -8.26. The molecule has 0 aliphatic rings. The Balaban J connectivity index is -0.000000196. The van der Waals surface area contributed by atoms with Gasteiger partial charge in [0.05, 0.1) is 13.7 Å². The average Bonchev–Trinajstić information content (AvgIpc) is 2.69. The maximum Gasteiger partial charge on any atom is 0.490 e. The van der Waals surface area contributed by atoms with Gasteiger partial charge in [-0.1, -0.05) is 0 Å². The van der Waals surface area contributed by atoms with Crippen molar-refractivity contribution in [3.63, 3.8) is 0 Å². The average molecular weight is 562 g/mol. The molecule has 6 N–H and O–H groups in total. The van der Waals surface area contributed by atoms with E-state index in [0.717, 1.165) is 5.75 Å². The minimum Gasteiger partial charge on any atom is -0.475 e. The van der Waals surface area contributed by atoms with Gasteiger partial charge in [0.15, 0.2) is 0 Å². The fourth-order valence-electron chi connectivity index (χ4n) is 0.880. The summed E-state index contributed by atoms with van der Waals surface area (Å²) in [7, 11) is 1.29. The summed E-state index contributed by atoms with van der Waals surface area (Å²) in [5, 5.41) is 23.9. The van der Waals surface area contributed by atoms with Gasteiger partial charge in [0.1, 0.15) is 6.04 Å². The van der Waals surface area contributed by atoms with Crippen LogP contribution in [0.15, 0.2) is 0 Å². The minimum atomic E-state index is -5.08. The number of hydrogen-bond donors (Lipinski definition) is 5. The predicted octanol–water partition coefficient (Wildman–Crippen LogP) is 1.26. The van der Waals surface area contributed by atoms with Crippen LogP contribution in [0.4, 0.5) is 39.5 Å². The number of halogens is 9. The van der Waals surface area contributed by atoms with Gasteiger partial charge in [-0.2, -0.15) is 51.3 Å². The summed E-state index contributed by atoms with van der Waals surface area (Å²) in [6, 6.07) is -0.580. The quantitative estimate of drug-likeness (QED) is 0.231. The molecule has 11 nitrogen and oxygen atoms in total. The smallest absolute Gasteiger partial charge is 0.475 e. The van der Waals surface area contributed by atoms with E-state index in [1.165, 1.54) is 7.11 Å². The van der Waals surface area contributed by atoms with Gasteiger partial charge in [0.25, 0.3) is 0 Å². The molecule has 1 atom stereocenters. The normalized spacial score (nSPS) is 11.5. The van der Waals surface area contributed by atoms with Gasteiger partial charge in [-0.3, -0.25) is 4.79 Å². The van der Waals surface area contributed by atoms with Crippen LogP contribution in [0.2, 0.25) is 0 Å². The molecule has 35 heavy (non-hydrogen) atoms. The summed E-state index contributed by atoms with van der Waals surface area (Å²) < 4.78 is 99.8. The highest BCUT2D eigenvalue weighted by molar-refractivity contribution is 7.98. The van der Waals surface area contributed by atoms with Crippen LogP contribution >= 0.6 is 11.8 Å². The molecule has 0 aliphatic heterocycles. The van der Waals surface area contributed by atoms with E-state index in [2.05, 4.69) is 10.1 Å². The van der Waals surface area contributed by atoms with E-state index < -0.39 is 48.4 Å². The van der Waals surface area contributed by atoms with Crippen molar-refractivity contribution >= 4 is 41.5 Å². The molecule has 0 saturated carbocycles. The molecule has 0 radical (unpaired) electrons. The Hall–Kier alpha value is -2.97. The number of methoxy groups -OCH3 is 1. The first-order valence-electron chi connectivity index (χ1n) is 7.95. The SMILES string of the molecule is COC(=O)[C@H](CCSC)NC(=O)CN.O=C(O)C(F)(F)F.O=C(O)C(F)(F)F.O=C(O)C(F)(F)F. The molecule has 0 spiro atoms. The topological polar surface area (TPSA) is 193 Å². The van der Waals surface area contributed by atoms with E-state index in [0.29, 0.717) is 6.42 Å². The largest absolute Gasteiger partial charge is 0.490 e. The molecule has 0 unspecified atom stereocenters. The number of carbonyl (C=O) groups excluding carboxylic acids is 2. The van der Waals surface area contributed by atoms with E-state index in [-0.39, 0.29) is 12.5 Å². The van der Waals surface area contributed by atoms with E-state index in [1.54, 1.807) is 11.8 Å². The number of rotatable bonds is 6. The Morgan fingerprint density at radius 1 is 0.829 bits per heavy atom. The van der Waals surface area contributed by atoms with Gasteiger partial charge in [0.2, 0.25) is 5.91 Å². The monoisotopic (exact) mass is 562 g/mol. The van der Waals surface area contributed by atoms with Gasteiger partial charge < -0.3 is 31.1 Å². The Kier molecular flexibility index (Phi) is 20.6. The first kappa shape index (κ1) is 39.3. The molecular formula is C14H19F9N2O9S. The number of esters is 1. The number of carboxylic acid groups (broad SMARTS) is 3. The second kappa shape index (κ2) is 18.4. The standard InChI is InChI=1S/C8H16N2O3S.3C2HF3O2/c1-13-8(12)6(3-4-14-2)10-7(11)5-9;3*3-2(4,5)1(6)7/h6H,3-5,9H2,1-2H3,(H,10,11);3*(H,6,7)/t6-;;;/m0.../s1. The van der Waals surface area contributed by atoms with Crippen molar-refractivity contribution in [3.8, 4) is 0 Å². The Bertz CT molecular complexity index is 627. The zero-order valence-electron chi connectivity index (χ0n) is 17.4. The minimum absolute atomic E-state index is 0.118. The summed E-state index contributed by atoms with van der Waals surface area (Å²) >= 11 is 1.60. The predicted molar refractivity (Wildman–Crippen MR) is 97.1 cm³/mol. The lowest BCUT2D eigenvalue weighted by molar-refractivity contribution is -0.193. The summed E-state index contributed by atoms with van der Waals surface area (Å²) in [6.07, 6.45) is -12.8.